The van der Waals surface area contributed by atoms with Crippen LogP contribution in [0.2, 0.25) is 0 Å². The topological polar surface area (TPSA) is 91.3 Å². The Balaban J connectivity index is 2.34. The van der Waals surface area contributed by atoms with Crippen molar-refractivity contribution in [1.82, 2.24) is 5.32 Å². The maximum Gasteiger partial charge on any atom is 0.277 e. The second-order valence-electron chi connectivity index (χ2n) is 4.18. The minimum Gasteiger partial charge on any atom is -0.271 e. The van der Waals surface area contributed by atoms with Crippen LogP contribution in [0.4, 0.5) is 11.4 Å². The number of para-hydroxylation sites is 1. The molecule has 110 valence electrons. The van der Waals surface area contributed by atoms with Gasteiger partial charge in [-0.2, -0.15) is 5.26 Å². The van der Waals surface area contributed by atoms with Gasteiger partial charge in [0, 0.05) is 6.07 Å². The van der Waals surface area contributed by atoms with E-state index in [0.29, 0.717) is 16.4 Å². The van der Waals surface area contributed by atoms with E-state index in [0.717, 1.165) is 5.56 Å². The van der Waals surface area contributed by atoms with Crippen molar-refractivity contribution < 1.29 is 4.92 Å². The minimum atomic E-state index is -0.399. The molecule has 2 rings (SSSR count). The van der Waals surface area contributed by atoms with Gasteiger partial charge >= 0.3 is 0 Å². The third-order valence-electron chi connectivity index (χ3n) is 2.87. The fourth-order valence-electron chi connectivity index (χ4n) is 1.88. The van der Waals surface area contributed by atoms with Gasteiger partial charge in [0.15, 0.2) is 11.4 Å². The lowest BCUT2D eigenvalue weighted by Gasteiger charge is -2.04. The van der Waals surface area contributed by atoms with Crippen molar-refractivity contribution in [2.45, 2.75) is 0 Å². The zero-order chi connectivity index (χ0) is 15.9. The fourth-order valence-corrected chi connectivity index (χ4v) is 2.23. The molecular formula is C15H12N4O2S. The standard InChI is InChI=1S/C15H12N4O2S/c1-22-15(17-10-16)18-12-8-6-11(7-9-12)13-4-2-3-5-14(13)19(20)21/h2-9H,1H3,(H,17,18). The molecule has 0 saturated carbocycles. The third-order valence-corrected chi connectivity index (χ3v) is 3.45. The number of hydrogen-bond donors (Lipinski definition) is 1. The average molecular weight is 312 g/mol. The van der Waals surface area contributed by atoms with Gasteiger partial charge in [-0.05, 0) is 30.0 Å². The molecule has 0 atom stereocenters. The molecule has 0 heterocycles. The summed E-state index contributed by atoms with van der Waals surface area (Å²) in [6, 6.07) is 13.6. The van der Waals surface area contributed by atoms with Crippen molar-refractivity contribution in [3.8, 4) is 17.3 Å². The lowest BCUT2D eigenvalue weighted by molar-refractivity contribution is -0.384. The molecule has 0 amide bonds. The van der Waals surface area contributed by atoms with Crippen molar-refractivity contribution in [2.24, 2.45) is 4.99 Å². The molecular weight excluding hydrogens is 300 g/mol. The Bertz CT molecular complexity index is 751. The van der Waals surface area contributed by atoms with Gasteiger partial charge in [-0.25, -0.2) is 4.99 Å². The van der Waals surface area contributed by atoms with Gasteiger partial charge in [-0.15, -0.1) is 0 Å². The highest BCUT2D eigenvalue weighted by Crippen LogP contribution is 2.30. The zero-order valence-corrected chi connectivity index (χ0v) is 12.5. The minimum absolute atomic E-state index is 0.0645. The van der Waals surface area contributed by atoms with E-state index in [1.807, 2.05) is 12.4 Å². The lowest BCUT2D eigenvalue weighted by atomic mass is 10.0. The van der Waals surface area contributed by atoms with Crippen LogP contribution >= 0.6 is 11.8 Å². The van der Waals surface area contributed by atoms with E-state index in [9.17, 15) is 10.1 Å². The van der Waals surface area contributed by atoms with Crippen LogP contribution in [0.5, 0.6) is 0 Å². The van der Waals surface area contributed by atoms with Gasteiger partial charge in [0.25, 0.3) is 5.69 Å². The number of hydrogen-bond acceptors (Lipinski definition) is 5. The van der Waals surface area contributed by atoms with E-state index in [2.05, 4.69) is 10.3 Å². The number of aliphatic imine (C=N–C) groups is 1. The molecule has 0 fully saturated rings. The average Bonchev–Trinajstić information content (AvgIpc) is 2.55. The SMILES string of the molecule is CSC(=Nc1ccc(-c2ccccc2[N+](=O)[O-])cc1)NC#N. The first-order valence-electron chi connectivity index (χ1n) is 6.27. The van der Waals surface area contributed by atoms with E-state index >= 15 is 0 Å². The molecule has 6 nitrogen and oxygen atoms in total. The van der Waals surface area contributed by atoms with Crippen LogP contribution in [0.15, 0.2) is 53.5 Å². The Labute approximate surface area is 131 Å². The van der Waals surface area contributed by atoms with Gasteiger partial charge in [0.05, 0.1) is 16.2 Å². The predicted octanol–water partition coefficient (Wildman–Crippen LogP) is 3.68. The maximum atomic E-state index is 11.1. The smallest absolute Gasteiger partial charge is 0.271 e. The number of nitrogens with zero attached hydrogens (tertiary/aromatic N) is 3. The lowest BCUT2D eigenvalue weighted by Crippen LogP contribution is -2.12. The molecule has 0 spiro atoms. The quantitative estimate of drug-likeness (QED) is 0.233. The summed E-state index contributed by atoms with van der Waals surface area (Å²) in [7, 11) is 0. The van der Waals surface area contributed by atoms with Crippen molar-refractivity contribution in [1.29, 1.82) is 5.26 Å². The van der Waals surface area contributed by atoms with Gasteiger partial charge in [-0.3, -0.25) is 15.4 Å². The van der Waals surface area contributed by atoms with Crippen molar-refractivity contribution in [3.63, 3.8) is 0 Å². The number of nitrogens with one attached hydrogen (secondary N) is 1. The summed E-state index contributed by atoms with van der Waals surface area (Å²) >= 11 is 1.32. The monoisotopic (exact) mass is 312 g/mol. The first kappa shape index (κ1) is 15.5. The number of thioether (sulfide) groups is 1. The van der Waals surface area contributed by atoms with Crippen LogP contribution in [0, 0.1) is 21.6 Å². The number of amidine groups is 1. The summed E-state index contributed by atoms with van der Waals surface area (Å²) in [6.07, 6.45) is 3.63. The van der Waals surface area contributed by atoms with Gasteiger partial charge in [0.1, 0.15) is 0 Å². The first-order chi connectivity index (χ1) is 10.7. The molecule has 7 heteroatoms. The van der Waals surface area contributed by atoms with Crippen LogP contribution in [-0.2, 0) is 0 Å². The summed E-state index contributed by atoms with van der Waals surface area (Å²) in [5.41, 5.74) is 2.03. The van der Waals surface area contributed by atoms with Crippen LogP contribution in [-0.4, -0.2) is 16.3 Å². The summed E-state index contributed by atoms with van der Waals surface area (Å²) < 4.78 is 0. The van der Waals surface area contributed by atoms with Crippen molar-refractivity contribution in [3.05, 3.63) is 58.6 Å². The highest BCUT2D eigenvalue weighted by atomic mass is 32.2. The Morgan fingerprint density at radius 1 is 1.27 bits per heavy atom. The number of nitriles is 1. The molecule has 0 aliphatic heterocycles. The van der Waals surface area contributed by atoms with Crippen molar-refractivity contribution >= 4 is 28.3 Å². The third kappa shape index (κ3) is 3.62. The Hall–Kier alpha value is -2.85. The predicted molar refractivity (Wildman–Crippen MR) is 87.9 cm³/mol. The number of rotatable bonds is 3. The van der Waals surface area contributed by atoms with E-state index < -0.39 is 4.92 Å². The molecule has 1 N–H and O–H groups in total. The van der Waals surface area contributed by atoms with E-state index in [1.165, 1.54) is 17.8 Å². The number of nitro groups is 1. The normalized spacial score (nSPS) is 10.8. The Morgan fingerprint density at radius 3 is 2.55 bits per heavy atom. The van der Waals surface area contributed by atoms with Gasteiger partial charge in [0.2, 0.25) is 0 Å². The van der Waals surface area contributed by atoms with E-state index in [4.69, 9.17) is 5.26 Å². The number of benzene rings is 2. The molecule has 0 unspecified atom stereocenters. The Morgan fingerprint density at radius 2 is 1.95 bits per heavy atom. The fraction of sp³-hybridized carbons (Fsp3) is 0.0667. The largest absolute Gasteiger partial charge is 0.277 e. The van der Waals surface area contributed by atoms with Crippen molar-refractivity contribution in [2.75, 3.05) is 6.26 Å². The maximum absolute atomic E-state index is 11.1. The summed E-state index contributed by atoms with van der Waals surface area (Å²) in [5.74, 6) is 0. The molecule has 0 bridgehead atoms. The molecule has 2 aromatic carbocycles. The first-order valence-corrected chi connectivity index (χ1v) is 7.50. The molecule has 0 aromatic heterocycles. The molecule has 22 heavy (non-hydrogen) atoms. The van der Waals surface area contributed by atoms with Gasteiger partial charge < -0.3 is 0 Å². The summed E-state index contributed by atoms with van der Waals surface area (Å²) in [5, 5.41) is 22.6. The van der Waals surface area contributed by atoms with Crippen LogP contribution in [0.3, 0.4) is 0 Å². The number of nitro benzene ring substituents is 1. The second kappa shape index (κ2) is 7.24. The highest BCUT2D eigenvalue weighted by Gasteiger charge is 2.13. The van der Waals surface area contributed by atoms with E-state index in [-0.39, 0.29) is 5.69 Å². The molecule has 2 aromatic rings. The van der Waals surface area contributed by atoms with E-state index in [1.54, 1.807) is 42.5 Å². The molecule has 0 saturated heterocycles. The summed E-state index contributed by atoms with van der Waals surface area (Å²) in [4.78, 5) is 14.9. The Kier molecular flexibility index (Phi) is 5.11. The highest BCUT2D eigenvalue weighted by molar-refractivity contribution is 8.13. The molecule has 0 aliphatic rings. The van der Waals surface area contributed by atoms with Crippen LogP contribution in [0.1, 0.15) is 0 Å². The second-order valence-corrected chi connectivity index (χ2v) is 4.97. The summed E-state index contributed by atoms with van der Waals surface area (Å²) in [6.45, 7) is 0. The van der Waals surface area contributed by atoms with Crippen LogP contribution < -0.4 is 5.32 Å². The van der Waals surface area contributed by atoms with Gasteiger partial charge in [-0.1, -0.05) is 36.0 Å². The zero-order valence-electron chi connectivity index (χ0n) is 11.7. The molecule has 0 radical (unpaired) electrons. The molecule has 0 aliphatic carbocycles. The van der Waals surface area contributed by atoms with Crippen LogP contribution in [0.25, 0.3) is 11.1 Å².